The molecule has 98 valence electrons. The van der Waals surface area contributed by atoms with Gasteiger partial charge in [0.25, 0.3) is 5.91 Å². The molecule has 4 heteroatoms. The molecule has 0 radical (unpaired) electrons. The lowest BCUT2D eigenvalue weighted by atomic mass is 10.1. The van der Waals surface area contributed by atoms with E-state index in [1.54, 1.807) is 12.1 Å². The fourth-order valence-corrected chi connectivity index (χ4v) is 2.19. The van der Waals surface area contributed by atoms with Gasteiger partial charge in [-0.2, -0.15) is 0 Å². The number of nitrogens with one attached hydrogen (secondary N) is 1. The third-order valence-electron chi connectivity index (χ3n) is 2.89. The Morgan fingerprint density at radius 2 is 1.95 bits per heavy atom. The predicted molar refractivity (Wildman–Crippen MR) is 82.4 cm³/mol. The maximum atomic E-state index is 12.2. The molecule has 0 aliphatic carbocycles. The minimum absolute atomic E-state index is 0.205. The molecular weight excluding hydrogens is 304 g/mol. The van der Waals surface area contributed by atoms with Crippen molar-refractivity contribution in [3.05, 3.63) is 57.6 Å². The summed E-state index contributed by atoms with van der Waals surface area (Å²) < 4.78 is 0.883. The number of halogens is 1. The summed E-state index contributed by atoms with van der Waals surface area (Å²) in [5.74, 6) is -0.205. The number of amides is 1. The molecule has 0 aromatic heterocycles. The van der Waals surface area contributed by atoms with Gasteiger partial charge in [0.05, 0.1) is 11.3 Å². The van der Waals surface area contributed by atoms with Gasteiger partial charge in [0.2, 0.25) is 0 Å². The maximum Gasteiger partial charge on any atom is 0.257 e. The van der Waals surface area contributed by atoms with E-state index in [0.717, 1.165) is 21.3 Å². The molecule has 2 aromatic carbocycles. The smallest absolute Gasteiger partial charge is 0.257 e. The monoisotopic (exact) mass is 318 g/mol. The summed E-state index contributed by atoms with van der Waals surface area (Å²) >= 11 is 3.47. The van der Waals surface area contributed by atoms with Crippen LogP contribution in [0.2, 0.25) is 0 Å². The van der Waals surface area contributed by atoms with Crippen LogP contribution in [-0.4, -0.2) is 5.91 Å². The molecule has 0 saturated heterocycles. The Labute approximate surface area is 121 Å². The van der Waals surface area contributed by atoms with Gasteiger partial charge in [-0.25, -0.2) is 0 Å². The number of hydrogen-bond donors (Lipinski definition) is 2. The fraction of sp³-hybridized carbons (Fsp3) is 0.133. The maximum absolute atomic E-state index is 12.2. The van der Waals surface area contributed by atoms with E-state index in [2.05, 4.69) is 21.2 Å². The number of carbonyl (C=O) groups is 1. The third-order valence-corrected chi connectivity index (χ3v) is 3.94. The highest BCUT2D eigenvalue weighted by atomic mass is 79.9. The first-order chi connectivity index (χ1) is 8.99. The Morgan fingerprint density at radius 3 is 2.63 bits per heavy atom. The van der Waals surface area contributed by atoms with Crippen LogP contribution in [0.4, 0.5) is 11.4 Å². The van der Waals surface area contributed by atoms with Crippen molar-refractivity contribution in [3.8, 4) is 0 Å². The van der Waals surface area contributed by atoms with Crippen LogP contribution in [0, 0.1) is 13.8 Å². The van der Waals surface area contributed by atoms with Crippen molar-refractivity contribution >= 4 is 33.2 Å². The summed E-state index contributed by atoms with van der Waals surface area (Å²) in [7, 11) is 0. The average Bonchev–Trinajstić information content (AvgIpc) is 2.34. The molecular formula is C15H15BrN2O. The zero-order valence-electron chi connectivity index (χ0n) is 10.8. The average molecular weight is 319 g/mol. The molecule has 0 aliphatic heterocycles. The van der Waals surface area contributed by atoms with Gasteiger partial charge in [0.1, 0.15) is 0 Å². The van der Waals surface area contributed by atoms with Gasteiger partial charge in [-0.05, 0) is 59.1 Å². The lowest BCUT2D eigenvalue weighted by Crippen LogP contribution is -2.14. The Bertz CT molecular complexity index is 638. The molecule has 1 amide bonds. The van der Waals surface area contributed by atoms with Crippen LogP contribution in [0.5, 0.6) is 0 Å². The molecule has 19 heavy (non-hydrogen) atoms. The molecule has 0 saturated carbocycles. The first-order valence-electron chi connectivity index (χ1n) is 5.91. The minimum Gasteiger partial charge on any atom is -0.398 e. The van der Waals surface area contributed by atoms with Gasteiger partial charge in [-0.15, -0.1) is 0 Å². The van der Waals surface area contributed by atoms with E-state index in [-0.39, 0.29) is 5.91 Å². The first kappa shape index (κ1) is 13.6. The molecule has 3 N–H and O–H groups in total. The van der Waals surface area contributed by atoms with Crippen molar-refractivity contribution in [2.45, 2.75) is 13.8 Å². The van der Waals surface area contributed by atoms with E-state index in [1.807, 2.05) is 38.1 Å². The van der Waals surface area contributed by atoms with Crippen molar-refractivity contribution in [1.82, 2.24) is 0 Å². The molecule has 0 atom stereocenters. The van der Waals surface area contributed by atoms with E-state index >= 15 is 0 Å². The van der Waals surface area contributed by atoms with Crippen molar-refractivity contribution < 1.29 is 4.79 Å². The summed E-state index contributed by atoms with van der Waals surface area (Å²) in [6.45, 7) is 3.91. The van der Waals surface area contributed by atoms with Crippen molar-refractivity contribution in [3.63, 3.8) is 0 Å². The number of nitrogen functional groups attached to an aromatic ring is 1. The number of rotatable bonds is 2. The van der Waals surface area contributed by atoms with E-state index in [4.69, 9.17) is 5.73 Å². The largest absolute Gasteiger partial charge is 0.398 e. The van der Waals surface area contributed by atoms with Gasteiger partial charge >= 0.3 is 0 Å². The molecule has 2 rings (SSSR count). The van der Waals surface area contributed by atoms with Crippen molar-refractivity contribution in [1.29, 1.82) is 0 Å². The molecule has 0 aliphatic rings. The topological polar surface area (TPSA) is 55.1 Å². The van der Waals surface area contributed by atoms with Gasteiger partial charge < -0.3 is 11.1 Å². The van der Waals surface area contributed by atoms with Crippen LogP contribution in [0.15, 0.2) is 40.9 Å². The zero-order valence-corrected chi connectivity index (χ0v) is 12.4. The first-order valence-corrected chi connectivity index (χ1v) is 6.71. The predicted octanol–water partition coefficient (Wildman–Crippen LogP) is 3.90. The van der Waals surface area contributed by atoms with E-state index < -0.39 is 0 Å². The highest BCUT2D eigenvalue weighted by Crippen LogP contribution is 2.26. The second kappa shape index (κ2) is 5.45. The Morgan fingerprint density at radius 1 is 1.21 bits per heavy atom. The highest BCUT2D eigenvalue weighted by molar-refractivity contribution is 9.10. The van der Waals surface area contributed by atoms with Crippen LogP contribution < -0.4 is 11.1 Å². The lowest BCUT2D eigenvalue weighted by molar-refractivity contribution is 0.102. The van der Waals surface area contributed by atoms with Crippen molar-refractivity contribution in [2.75, 3.05) is 11.1 Å². The van der Waals surface area contributed by atoms with Crippen LogP contribution in [0.25, 0.3) is 0 Å². The Balaban J connectivity index is 2.28. The number of aryl methyl sites for hydroxylation is 2. The van der Waals surface area contributed by atoms with Crippen LogP contribution in [0.3, 0.4) is 0 Å². The summed E-state index contributed by atoms with van der Waals surface area (Å²) in [5.41, 5.74) is 9.68. The lowest BCUT2D eigenvalue weighted by Gasteiger charge is -2.11. The Kier molecular flexibility index (Phi) is 3.90. The van der Waals surface area contributed by atoms with Crippen LogP contribution >= 0.6 is 15.9 Å². The fourth-order valence-electron chi connectivity index (χ4n) is 1.82. The van der Waals surface area contributed by atoms with E-state index in [1.165, 1.54) is 0 Å². The normalized spacial score (nSPS) is 10.3. The number of nitrogens with two attached hydrogens (primary N) is 1. The SMILES string of the molecule is Cc1ccc(C(=O)Nc2cccc(C)c2Br)c(N)c1. The number of anilines is 2. The van der Waals surface area contributed by atoms with E-state index in [0.29, 0.717) is 11.3 Å². The zero-order chi connectivity index (χ0) is 14.0. The molecule has 0 unspecified atom stereocenters. The second-order valence-electron chi connectivity index (χ2n) is 4.48. The summed E-state index contributed by atoms with van der Waals surface area (Å²) in [6.07, 6.45) is 0. The quantitative estimate of drug-likeness (QED) is 0.825. The number of hydrogen-bond acceptors (Lipinski definition) is 2. The number of carbonyl (C=O) groups excluding carboxylic acids is 1. The summed E-state index contributed by atoms with van der Waals surface area (Å²) in [4.78, 5) is 12.2. The van der Waals surface area contributed by atoms with Gasteiger partial charge in [-0.3, -0.25) is 4.79 Å². The molecule has 0 spiro atoms. The minimum atomic E-state index is -0.205. The van der Waals surface area contributed by atoms with Gasteiger partial charge in [0, 0.05) is 10.2 Å². The molecule has 0 bridgehead atoms. The van der Waals surface area contributed by atoms with E-state index in [9.17, 15) is 4.79 Å². The second-order valence-corrected chi connectivity index (χ2v) is 5.27. The highest BCUT2D eigenvalue weighted by Gasteiger charge is 2.12. The van der Waals surface area contributed by atoms with Gasteiger partial charge in [-0.1, -0.05) is 18.2 Å². The molecule has 0 fully saturated rings. The molecule has 0 heterocycles. The van der Waals surface area contributed by atoms with Gasteiger partial charge in [0.15, 0.2) is 0 Å². The van der Waals surface area contributed by atoms with Crippen LogP contribution in [0.1, 0.15) is 21.5 Å². The van der Waals surface area contributed by atoms with Crippen LogP contribution in [-0.2, 0) is 0 Å². The molecule has 3 nitrogen and oxygen atoms in total. The molecule has 2 aromatic rings. The summed E-state index contributed by atoms with van der Waals surface area (Å²) in [6, 6.07) is 11.1. The number of benzene rings is 2. The Hall–Kier alpha value is -1.81. The third kappa shape index (κ3) is 2.96. The van der Waals surface area contributed by atoms with Crippen molar-refractivity contribution in [2.24, 2.45) is 0 Å². The summed E-state index contributed by atoms with van der Waals surface area (Å²) in [5, 5.41) is 2.86. The standard InChI is InChI=1S/C15H15BrN2O/c1-9-6-7-11(12(17)8-9)15(19)18-13-5-3-4-10(2)14(13)16/h3-8H,17H2,1-2H3,(H,18,19).